The number of hydrogen-bond donors (Lipinski definition) is 0. The Hall–Kier alpha value is -1.44. The molecule has 7 nitrogen and oxygen atoms in total. The van der Waals surface area contributed by atoms with Gasteiger partial charge in [-0.1, -0.05) is 36.7 Å². The molecule has 0 unspecified atom stereocenters. The fourth-order valence-electron chi connectivity index (χ4n) is 9.31. The highest BCUT2D eigenvalue weighted by Crippen LogP contribution is 2.68. The van der Waals surface area contributed by atoms with Crippen LogP contribution in [0.4, 0.5) is 0 Å². The Kier molecular flexibility index (Phi) is 8.71. The minimum atomic E-state index is -0.332. The first-order chi connectivity index (χ1) is 17.8. The Morgan fingerprint density at radius 2 is 1.68 bits per heavy atom. The highest BCUT2D eigenvalue weighted by Gasteiger charge is 2.68. The van der Waals surface area contributed by atoms with E-state index >= 15 is 0 Å². The van der Waals surface area contributed by atoms with Gasteiger partial charge in [-0.2, -0.15) is 0 Å². The number of rotatable bonds is 7. The zero-order valence-electron chi connectivity index (χ0n) is 23.8. The van der Waals surface area contributed by atoms with Crippen molar-refractivity contribution < 1.29 is 33.4 Å². The van der Waals surface area contributed by atoms with E-state index in [0.29, 0.717) is 25.9 Å². The molecular formula is C30H45BrO7. The van der Waals surface area contributed by atoms with E-state index in [2.05, 4.69) is 36.7 Å². The number of Topliss-reactive ketones (excluding diaryl/α,β-unsaturated/α-hetero) is 1. The van der Waals surface area contributed by atoms with Gasteiger partial charge in [0.1, 0.15) is 18.0 Å². The third-order valence-electron chi connectivity index (χ3n) is 11.0. The van der Waals surface area contributed by atoms with E-state index in [0.717, 1.165) is 32.1 Å². The summed E-state index contributed by atoms with van der Waals surface area (Å²) in [6.45, 7) is 11.9. The zero-order valence-corrected chi connectivity index (χ0v) is 25.4. The number of fused-ring (bicyclic) bond motifs is 5. The van der Waals surface area contributed by atoms with E-state index in [-0.39, 0.29) is 87.1 Å². The lowest BCUT2D eigenvalue weighted by Crippen LogP contribution is -2.64. The van der Waals surface area contributed by atoms with Crippen molar-refractivity contribution in [2.45, 2.75) is 110 Å². The van der Waals surface area contributed by atoms with Crippen LogP contribution in [0.1, 0.15) is 92.9 Å². The molecule has 0 aromatic heterocycles. The van der Waals surface area contributed by atoms with Gasteiger partial charge in [0.15, 0.2) is 0 Å². The molecule has 0 N–H and O–H groups in total. The van der Waals surface area contributed by atoms with E-state index in [1.54, 1.807) is 0 Å². The predicted molar refractivity (Wildman–Crippen MR) is 145 cm³/mol. The summed E-state index contributed by atoms with van der Waals surface area (Å²) in [6, 6.07) is 0. The van der Waals surface area contributed by atoms with E-state index in [4.69, 9.17) is 14.2 Å². The van der Waals surface area contributed by atoms with Crippen molar-refractivity contribution in [3.05, 3.63) is 0 Å². The molecule has 0 aromatic rings. The van der Waals surface area contributed by atoms with Crippen molar-refractivity contribution in [2.75, 3.05) is 6.61 Å². The average molecular weight is 598 g/mol. The molecule has 0 aliphatic heterocycles. The van der Waals surface area contributed by atoms with Gasteiger partial charge in [-0.05, 0) is 86.9 Å². The van der Waals surface area contributed by atoms with Crippen molar-refractivity contribution in [3.63, 3.8) is 0 Å². The summed E-state index contributed by atoms with van der Waals surface area (Å²) in [5.74, 6) is 0.235. The van der Waals surface area contributed by atoms with Crippen LogP contribution in [0.3, 0.4) is 0 Å². The fraction of sp³-hybridized carbons (Fsp3) is 0.867. The second kappa shape index (κ2) is 11.2. The Morgan fingerprint density at radius 3 is 2.32 bits per heavy atom. The zero-order chi connectivity index (χ0) is 28.0. The molecule has 0 heterocycles. The maximum atomic E-state index is 14.1. The topological polar surface area (TPSA) is 96.0 Å². The molecule has 11 atom stereocenters. The lowest BCUT2D eigenvalue weighted by Gasteiger charge is -2.63. The standard InChI is InChI=1S/C30H45BrO7/c1-7-36-25(34)11-8-16(2)20-9-10-21-26-22(15-24(30(20,21)6)38-18(4)33)29(5)13-12-19(37-17(3)32)14-23(29)27(31)28(26)35/h16,19-24,26-27H,7-15H2,1-6H3/t16-,19+,20+,21-,22+,23-,24-,26+,27+,29+,30+/m0/s1. The number of halogens is 1. The molecule has 0 aromatic carbocycles. The monoisotopic (exact) mass is 596 g/mol. The molecular weight excluding hydrogens is 552 g/mol. The summed E-state index contributed by atoms with van der Waals surface area (Å²) >= 11 is 3.83. The smallest absolute Gasteiger partial charge is 0.305 e. The van der Waals surface area contributed by atoms with Gasteiger partial charge in [-0.3, -0.25) is 19.2 Å². The van der Waals surface area contributed by atoms with Crippen molar-refractivity contribution in [2.24, 2.45) is 46.3 Å². The SMILES string of the molecule is CCOC(=O)CC[C@H](C)[C@H]1CC[C@H]2[C@H]3C(=O)[C@H](Br)[C@@H]4C[C@H](OC(C)=O)CC[C@]4(C)[C@@H]3C[C@H](OC(C)=O)[C@]12C. The summed E-state index contributed by atoms with van der Waals surface area (Å²) in [4.78, 5) is 50.0. The third-order valence-corrected chi connectivity index (χ3v) is 12.1. The molecule has 38 heavy (non-hydrogen) atoms. The van der Waals surface area contributed by atoms with Gasteiger partial charge >= 0.3 is 17.9 Å². The maximum absolute atomic E-state index is 14.1. The normalized spacial score (nSPS) is 42.8. The Bertz CT molecular complexity index is 951. The van der Waals surface area contributed by atoms with Crippen molar-refractivity contribution in [3.8, 4) is 0 Å². The van der Waals surface area contributed by atoms with Crippen LogP contribution in [0.25, 0.3) is 0 Å². The number of alkyl halides is 1. The molecule has 4 aliphatic rings. The van der Waals surface area contributed by atoms with Crippen molar-refractivity contribution in [1.82, 2.24) is 0 Å². The van der Waals surface area contributed by atoms with Gasteiger partial charge in [-0.25, -0.2) is 0 Å². The largest absolute Gasteiger partial charge is 0.466 e. The average Bonchev–Trinajstić information content (AvgIpc) is 3.20. The van der Waals surface area contributed by atoms with Crippen molar-refractivity contribution >= 4 is 39.6 Å². The molecule has 4 saturated carbocycles. The quantitative estimate of drug-likeness (QED) is 0.213. The van der Waals surface area contributed by atoms with E-state index in [1.165, 1.54) is 13.8 Å². The van der Waals surface area contributed by atoms with Gasteiger partial charge in [0, 0.05) is 31.6 Å². The van der Waals surface area contributed by atoms with E-state index < -0.39 is 0 Å². The van der Waals surface area contributed by atoms with Crippen molar-refractivity contribution in [1.29, 1.82) is 0 Å². The summed E-state index contributed by atoms with van der Waals surface area (Å²) < 4.78 is 16.9. The van der Waals surface area contributed by atoms with Crippen LogP contribution in [0.15, 0.2) is 0 Å². The minimum Gasteiger partial charge on any atom is -0.466 e. The molecule has 0 bridgehead atoms. The van der Waals surface area contributed by atoms with Crippen LogP contribution >= 0.6 is 15.9 Å². The number of hydrogen-bond acceptors (Lipinski definition) is 7. The van der Waals surface area contributed by atoms with Gasteiger partial charge in [0.05, 0.1) is 11.4 Å². The first kappa shape index (κ1) is 29.5. The van der Waals surface area contributed by atoms with Gasteiger partial charge in [0.25, 0.3) is 0 Å². The van der Waals surface area contributed by atoms with Crippen LogP contribution in [-0.2, 0) is 33.4 Å². The Balaban J connectivity index is 1.64. The second-order valence-electron chi connectivity index (χ2n) is 12.9. The number of carbonyl (C=O) groups is 4. The summed E-state index contributed by atoms with van der Waals surface area (Å²) in [6.07, 6.45) is 5.56. The fourth-order valence-corrected chi connectivity index (χ4v) is 10.4. The number of ketones is 1. The molecule has 4 fully saturated rings. The van der Waals surface area contributed by atoms with Crippen LogP contribution < -0.4 is 0 Å². The van der Waals surface area contributed by atoms with Crippen LogP contribution in [0.2, 0.25) is 0 Å². The molecule has 4 rings (SSSR count). The molecule has 214 valence electrons. The first-order valence-electron chi connectivity index (χ1n) is 14.5. The second-order valence-corrected chi connectivity index (χ2v) is 13.9. The Morgan fingerprint density at radius 1 is 1.00 bits per heavy atom. The minimum absolute atomic E-state index is 0.0670. The molecule has 8 heteroatoms. The highest BCUT2D eigenvalue weighted by molar-refractivity contribution is 9.10. The number of carbonyl (C=O) groups excluding carboxylic acids is 4. The number of ether oxygens (including phenoxy) is 3. The molecule has 0 spiro atoms. The van der Waals surface area contributed by atoms with Crippen LogP contribution in [0.5, 0.6) is 0 Å². The molecule has 0 amide bonds. The molecule has 4 aliphatic carbocycles. The third kappa shape index (κ3) is 5.08. The summed E-state index contributed by atoms with van der Waals surface area (Å²) in [5.41, 5.74) is -0.446. The maximum Gasteiger partial charge on any atom is 0.305 e. The predicted octanol–water partition coefficient (Wildman–Crippen LogP) is 5.65. The van der Waals surface area contributed by atoms with Gasteiger partial charge in [0.2, 0.25) is 0 Å². The summed E-state index contributed by atoms with van der Waals surface area (Å²) in [5, 5.41) is 0. The van der Waals surface area contributed by atoms with E-state index in [1.807, 2.05) is 6.92 Å². The lowest BCUT2D eigenvalue weighted by atomic mass is 9.43. The highest BCUT2D eigenvalue weighted by atomic mass is 79.9. The number of esters is 3. The lowest BCUT2D eigenvalue weighted by molar-refractivity contribution is -0.196. The molecule has 0 saturated heterocycles. The van der Waals surface area contributed by atoms with Gasteiger partial charge in [-0.15, -0.1) is 0 Å². The van der Waals surface area contributed by atoms with Crippen LogP contribution in [0, 0.1) is 46.3 Å². The summed E-state index contributed by atoms with van der Waals surface area (Å²) in [7, 11) is 0. The van der Waals surface area contributed by atoms with Gasteiger partial charge < -0.3 is 14.2 Å². The van der Waals surface area contributed by atoms with Crippen LogP contribution in [-0.4, -0.2) is 47.3 Å². The Labute approximate surface area is 235 Å². The first-order valence-corrected chi connectivity index (χ1v) is 15.4. The molecule has 0 radical (unpaired) electrons. The van der Waals surface area contributed by atoms with E-state index in [9.17, 15) is 19.2 Å².